The molecule has 5 nitrogen and oxygen atoms in total. The summed E-state index contributed by atoms with van der Waals surface area (Å²) in [5, 5.41) is 10.8. The Bertz CT molecular complexity index is 660. The van der Waals surface area contributed by atoms with Gasteiger partial charge in [0.1, 0.15) is 5.76 Å². The van der Waals surface area contributed by atoms with Crippen LogP contribution in [-0.4, -0.2) is 17.7 Å². The van der Waals surface area contributed by atoms with E-state index in [2.05, 4.69) is 72.7 Å². The Morgan fingerprint density at radius 2 is 1.96 bits per heavy atom. The number of rotatable bonds is 7. The molecule has 0 fully saturated rings. The normalized spacial score (nSPS) is 11.1. The topological polar surface area (TPSA) is 62.5 Å². The van der Waals surface area contributed by atoms with Crippen LogP contribution in [0.3, 0.4) is 0 Å². The third-order valence-electron chi connectivity index (χ3n) is 3.89. The van der Waals surface area contributed by atoms with E-state index >= 15 is 0 Å². The molecular weight excluding hydrogens is 427 g/mol. The molecule has 0 saturated heterocycles. The Balaban J connectivity index is 0.00000312. The minimum absolute atomic E-state index is 0. The first kappa shape index (κ1) is 21.5. The number of halogens is 1. The number of aromatic nitrogens is 1. The van der Waals surface area contributed by atoms with Crippen molar-refractivity contribution in [3.05, 3.63) is 52.4 Å². The van der Waals surface area contributed by atoms with Gasteiger partial charge in [0.2, 0.25) is 0 Å². The molecule has 1 heterocycles. The summed E-state index contributed by atoms with van der Waals surface area (Å²) in [5.74, 6) is 1.76. The van der Waals surface area contributed by atoms with Gasteiger partial charge < -0.3 is 15.2 Å². The van der Waals surface area contributed by atoms with Crippen molar-refractivity contribution in [1.29, 1.82) is 0 Å². The Kier molecular flexibility index (Phi) is 9.55. The molecule has 0 amide bonds. The van der Waals surface area contributed by atoms with Crippen molar-refractivity contribution < 1.29 is 4.52 Å². The maximum Gasteiger partial charge on any atom is 0.191 e. The first-order valence-corrected chi connectivity index (χ1v) is 8.71. The lowest BCUT2D eigenvalue weighted by molar-refractivity contribution is 0.380. The smallest absolute Gasteiger partial charge is 0.191 e. The highest BCUT2D eigenvalue weighted by Gasteiger charge is 2.13. The number of guanidine groups is 1. The molecule has 138 valence electrons. The Labute approximate surface area is 167 Å². The number of hydrogen-bond donors (Lipinski definition) is 2. The molecule has 0 aliphatic carbocycles. The summed E-state index contributed by atoms with van der Waals surface area (Å²) in [6, 6.07) is 8.43. The molecule has 2 N–H and O–H groups in total. The van der Waals surface area contributed by atoms with E-state index in [9.17, 15) is 0 Å². The molecule has 0 spiro atoms. The van der Waals surface area contributed by atoms with Crippen molar-refractivity contribution in [3.63, 3.8) is 0 Å². The molecule has 2 aromatic rings. The zero-order valence-corrected chi connectivity index (χ0v) is 17.9. The third kappa shape index (κ3) is 6.34. The summed E-state index contributed by atoms with van der Waals surface area (Å²) in [7, 11) is 0. The minimum Gasteiger partial charge on any atom is -0.361 e. The van der Waals surface area contributed by atoms with E-state index in [1.165, 1.54) is 11.1 Å². The molecule has 0 radical (unpaired) electrons. The number of aryl methyl sites for hydroxylation is 3. The van der Waals surface area contributed by atoms with Crippen LogP contribution in [0.5, 0.6) is 0 Å². The van der Waals surface area contributed by atoms with Gasteiger partial charge in [0.25, 0.3) is 0 Å². The predicted molar refractivity (Wildman–Crippen MR) is 114 cm³/mol. The first-order valence-electron chi connectivity index (χ1n) is 8.71. The van der Waals surface area contributed by atoms with Crippen LogP contribution in [0, 0.1) is 6.92 Å². The number of hydrogen-bond acceptors (Lipinski definition) is 3. The van der Waals surface area contributed by atoms with Crippen LogP contribution in [0.15, 0.2) is 33.8 Å². The van der Waals surface area contributed by atoms with Crippen LogP contribution < -0.4 is 10.6 Å². The summed E-state index contributed by atoms with van der Waals surface area (Å²) in [4.78, 5) is 4.68. The van der Waals surface area contributed by atoms with Gasteiger partial charge in [0.05, 0.1) is 12.2 Å². The zero-order valence-electron chi connectivity index (χ0n) is 15.6. The van der Waals surface area contributed by atoms with E-state index in [1.54, 1.807) is 0 Å². The maximum atomic E-state index is 5.42. The van der Waals surface area contributed by atoms with E-state index in [-0.39, 0.29) is 24.0 Å². The van der Waals surface area contributed by atoms with Crippen LogP contribution in [0.1, 0.15) is 48.9 Å². The van der Waals surface area contributed by atoms with Crippen molar-refractivity contribution in [2.75, 3.05) is 6.54 Å². The summed E-state index contributed by atoms with van der Waals surface area (Å²) in [5.41, 5.74) is 4.64. The standard InChI is InChI=1S/C19H28N4O.HI/c1-5-17-16(18(6-2)24-23-17)13-22-19(20-7-3)21-12-15-10-8-9-14(4)11-15;/h8-11H,5-7,12-13H2,1-4H3,(H2,20,21,22);1H. The lowest BCUT2D eigenvalue weighted by atomic mass is 10.1. The van der Waals surface area contributed by atoms with Crippen molar-refractivity contribution in [3.8, 4) is 0 Å². The maximum absolute atomic E-state index is 5.42. The molecule has 0 saturated carbocycles. The largest absolute Gasteiger partial charge is 0.361 e. The average molecular weight is 456 g/mol. The number of nitrogens with zero attached hydrogens (tertiary/aromatic N) is 2. The summed E-state index contributed by atoms with van der Waals surface area (Å²) in [6.45, 7) is 10.5. The number of nitrogens with one attached hydrogen (secondary N) is 2. The third-order valence-corrected chi connectivity index (χ3v) is 3.89. The zero-order chi connectivity index (χ0) is 17.4. The van der Waals surface area contributed by atoms with Crippen LogP contribution in [-0.2, 0) is 25.9 Å². The fraction of sp³-hybridized carbons (Fsp3) is 0.474. The Morgan fingerprint density at radius 3 is 2.60 bits per heavy atom. The van der Waals surface area contributed by atoms with Gasteiger partial charge in [-0.05, 0) is 25.8 Å². The second-order valence-electron chi connectivity index (χ2n) is 5.78. The van der Waals surface area contributed by atoms with E-state index in [0.29, 0.717) is 13.1 Å². The van der Waals surface area contributed by atoms with Gasteiger partial charge in [0, 0.05) is 25.1 Å². The molecule has 0 unspecified atom stereocenters. The number of aliphatic imine (C=N–C) groups is 1. The van der Waals surface area contributed by atoms with Gasteiger partial charge in [-0.15, -0.1) is 24.0 Å². The van der Waals surface area contributed by atoms with Crippen LogP contribution in [0.25, 0.3) is 0 Å². The average Bonchev–Trinajstić information content (AvgIpc) is 2.99. The fourth-order valence-corrected chi connectivity index (χ4v) is 2.63. The molecule has 0 atom stereocenters. The quantitative estimate of drug-likeness (QED) is 0.376. The van der Waals surface area contributed by atoms with Crippen molar-refractivity contribution in [1.82, 2.24) is 15.8 Å². The van der Waals surface area contributed by atoms with Gasteiger partial charge in [-0.25, -0.2) is 4.99 Å². The van der Waals surface area contributed by atoms with Crippen molar-refractivity contribution >= 4 is 29.9 Å². The highest BCUT2D eigenvalue weighted by molar-refractivity contribution is 14.0. The predicted octanol–water partition coefficient (Wildman–Crippen LogP) is 3.98. The first-order chi connectivity index (χ1) is 11.7. The molecule has 0 bridgehead atoms. The summed E-state index contributed by atoms with van der Waals surface area (Å²) in [6.07, 6.45) is 1.72. The van der Waals surface area contributed by atoms with Gasteiger partial charge in [-0.1, -0.05) is 48.8 Å². The molecule has 0 aliphatic heterocycles. The Hall–Kier alpha value is -1.57. The van der Waals surface area contributed by atoms with Gasteiger partial charge in [0.15, 0.2) is 5.96 Å². The van der Waals surface area contributed by atoms with Crippen LogP contribution >= 0.6 is 24.0 Å². The monoisotopic (exact) mass is 456 g/mol. The molecular formula is C19H29IN4O. The second-order valence-corrected chi connectivity index (χ2v) is 5.78. The highest BCUT2D eigenvalue weighted by atomic mass is 127. The van der Waals surface area contributed by atoms with Crippen LogP contribution in [0.2, 0.25) is 0 Å². The molecule has 2 rings (SSSR count). The van der Waals surface area contributed by atoms with Crippen molar-refractivity contribution in [2.24, 2.45) is 4.99 Å². The SMILES string of the molecule is CCNC(=NCc1cccc(C)c1)NCc1c(CC)noc1CC.I. The van der Waals surface area contributed by atoms with E-state index in [1.807, 2.05) is 0 Å². The molecule has 1 aromatic heterocycles. The van der Waals surface area contributed by atoms with Gasteiger partial charge in [-0.3, -0.25) is 0 Å². The second kappa shape index (κ2) is 11.1. The summed E-state index contributed by atoms with van der Waals surface area (Å²) >= 11 is 0. The molecule has 0 aliphatic rings. The van der Waals surface area contributed by atoms with E-state index in [4.69, 9.17) is 4.52 Å². The fourth-order valence-electron chi connectivity index (χ4n) is 2.63. The van der Waals surface area contributed by atoms with Crippen LogP contribution in [0.4, 0.5) is 0 Å². The van der Waals surface area contributed by atoms with Crippen molar-refractivity contribution in [2.45, 2.75) is 53.6 Å². The van der Waals surface area contributed by atoms with Gasteiger partial charge in [-0.2, -0.15) is 0 Å². The molecule has 1 aromatic carbocycles. The van der Waals surface area contributed by atoms with E-state index < -0.39 is 0 Å². The lowest BCUT2D eigenvalue weighted by Crippen LogP contribution is -2.37. The summed E-state index contributed by atoms with van der Waals surface area (Å²) < 4.78 is 5.42. The molecule has 6 heteroatoms. The minimum atomic E-state index is 0. The number of benzene rings is 1. The lowest BCUT2D eigenvalue weighted by Gasteiger charge is -2.12. The van der Waals surface area contributed by atoms with Gasteiger partial charge >= 0.3 is 0 Å². The Morgan fingerprint density at radius 1 is 1.16 bits per heavy atom. The highest BCUT2D eigenvalue weighted by Crippen LogP contribution is 2.15. The van der Waals surface area contributed by atoms with E-state index in [0.717, 1.165) is 42.4 Å². The molecule has 25 heavy (non-hydrogen) atoms.